The number of halogens is 1. The summed E-state index contributed by atoms with van der Waals surface area (Å²) in [6.45, 7) is 2.07. The molecular weight excluding hydrogens is 407 g/mol. The highest BCUT2D eigenvalue weighted by Crippen LogP contribution is 2.38. The van der Waals surface area contributed by atoms with E-state index in [0.29, 0.717) is 21.1 Å². The summed E-state index contributed by atoms with van der Waals surface area (Å²) in [7, 11) is 1.63. The summed E-state index contributed by atoms with van der Waals surface area (Å²) >= 11 is 2.93. The minimum atomic E-state index is -0.270. The Morgan fingerprint density at radius 1 is 1.21 bits per heavy atom. The van der Waals surface area contributed by atoms with Crippen LogP contribution in [0.25, 0.3) is 21.3 Å². The van der Waals surface area contributed by atoms with Gasteiger partial charge in [0.25, 0.3) is 5.56 Å². The fourth-order valence-electron chi connectivity index (χ4n) is 3.21. The number of thioether (sulfide) groups is 1. The first-order valence-corrected chi connectivity index (χ1v) is 11.0. The Labute approximate surface area is 175 Å². The van der Waals surface area contributed by atoms with Gasteiger partial charge in [0.1, 0.15) is 16.4 Å². The molecule has 148 valence electrons. The maximum Gasteiger partial charge on any atom is 0.260 e. The summed E-state index contributed by atoms with van der Waals surface area (Å²) < 4.78 is 18.7. The number of methoxy groups -OCH3 is 1. The van der Waals surface area contributed by atoms with Gasteiger partial charge in [-0.2, -0.15) is 0 Å². The van der Waals surface area contributed by atoms with Crippen LogP contribution in [0, 0.1) is 5.82 Å². The average Bonchev–Trinajstić information content (AvgIpc) is 3.11. The Kier molecular flexibility index (Phi) is 5.69. The molecule has 4 aromatic rings. The molecule has 0 aliphatic carbocycles. The van der Waals surface area contributed by atoms with Gasteiger partial charge in [-0.1, -0.05) is 43.0 Å². The molecule has 0 saturated carbocycles. The zero-order chi connectivity index (χ0) is 20.4. The molecule has 2 heterocycles. The summed E-state index contributed by atoms with van der Waals surface area (Å²) in [6, 6.07) is 14.2. The van der Waals surface area contributed by atoms with Gasteiger partial charge >= 0.3 is 0 Å². The van der Waals surface area contributed by atoms with E-state index in [0.717, 1.165) is 33.7 Å². The number of aryl methyl sites for hydroxylation is 1. The largest absolute Gasteiger partial charge is 0.497 e. The summed E-state index contributed by atoms with van der Waals surface area (Å²) in [6.07, 6.45) is 0.804. The topological polar surface area (TPSA) is 55.0 Å². The van der Waals surface area contributed by atoms with Gasteiger partial charge in [0, 0.05) is 16.2 Å². The molecule has 0 aliphatic heterocycles. The maximum absolute atomic E-state index is 13.4. The van der Waals surface area contributed by atoms with Gasteiger partial charge in [-0.25, -0.2) is 9.37 Å². The van der Waals surface area contributed by atoms with E-state index in [-0.39, 0.29) is 11.4 Å². The number of aromatic amines is 1. The standard InChI is InChI=1S/C22H19FN2O2S2/c1-3-17-18(14-7-5-9-16(11-14)27-2)19-20(26)24-22(25-21(19)29-17)28-12-13-6-4-8-15(23)10-13/h4-11H,3,12H2,1-2H3,(H,24,25,26). The first-order valence-electron chi connectivity index (χ1n) is 9.16. The van der Waals surface area contributed by atoms with Crippen molar-refractivity contribution in [1.29, 1.82) is 0 Å². The lowest BCUT2D eigenvalue weighted by atomic mass is 10.0. The Morgan fingerprint density at radius 3 is 2.79 bits per heavy atom. The molecule has 7 heteroatoms. The smallest absolute Gasteiger partial charge is 0.260 e. The van der Waals surface area contributed by atoms with Crippen LogP contribution in [0.1, 0.15) is 17.4 Å². The van der Waals surface area contributed by atoms with Gasteiger partial charge in [-0.05, 0) is 41.8 Å². The van der Waals surface area contributed by atoms with Crippen LogP contribution in [0.15, 0.2) is 58.5 Å². The third-order valence-electron chi connectivity index (χ3n) is 4.56. The average molecular weight is 427 g/mol. The lowest BCUT2D eigenvalue weighted by molar-refractivity contribution is 0.415. The first kappa shape index (κ1) is 19.7. The highest BCUT2D eigenvalue weighted by atomic mass is 32.2. The second kappa shape index (κ2) is 8.39. The molecule has 0 amide bonds. The van der Waals surface area contributed by atoms with Crippen LogP contribution in [-0.2, 0) is 12.2 Å². The molecule has 4 nitrogen and oxygen atoms in total. The summed E-state index contributed by atoms with van der Waals surface area (Å²) in [4.78, 5) is 22.3. The van der Waals surface area contributed by atoms with Crippen molar-refractivity contribution >= 4 is 33.3 Å². The van der Waals surface area contributed by atoms with E-state index in [2.05, 4.69) is 16.9 Å². The lowest BCUT2D eigenvalue weighted by Crippen LogP contribution is -2.08. The van der Waals surface area contributed by atoms with E-state index >= 15 is 0 Å². The van der Waals surface area contributed by atoms with Crippen molar-refractivity contribution in [1.82, 2.24) is 9.97 Å². The molecule has 0 spiro atoms. The van der Waals surface area contributed by atoms with Crippen molar-refractivity contribution in [2.45, 2.75) is 24.3 Å². The highest BCUT2D eigenvalue weighted by Gasteiger charge is 2.18. The number of nitrogens with zero attached hydrogens (tertiary/aromatic N) is 1. The van der Waals surface area contributed by atoms with Crippen molar-refractivity contribution in [2.75, 3.05) is 7.11 Å². The minimum absolute atomic E-state index is 0.162. The molecule has 1 N–H and O–H groups in total. The molecule has 2 aromatic heterocycles. The number of hydrogen-bond acceptors (Lipinski definition) is 5. The van der Waals surface area contributed by atoms with E-state index < -0.39 is 0 Å². The zero-order valence-electron chi connectivity index (χ0n) is 16.0. The predicted octanol–water partition coefficient (Wildman–Crippen LogP) is 5.65. The monoisotopic (exact) mass is 426 g/mol. The van der Waals surface area contributed by atoms with Crippen molar-refractivity contribution in [3.05, 3.63) is 75.1 Å². The summed E-state index contributed by atoms with van der Waals surface area (Å²) in [5.74, 6) is 1.00. The number of aromatic nitrogens is 2. The van der Waals surface area contributed by atoms with Crippen molar-refractivity contribution in [3.8, 4) is 16.9 Å². The van der Waals surface area contributed by atoms with Crippen LogP contribution < -0.4 is 10.3 Å². The normalized spacial score (nSPS) is 11.1. The van der Waals surface area contributed by atoms with Gasteiger partial charge in [-0.15, -0.1) is 11.3 Å². The number of H-pyrrole nitrogens is 1. The van der Waals surface area contributed by atoms with E-state index in [1.165, 1.54) is 35.2 Å². The SMILES string of the molecule is CCc1sc2nc(SCc3cccc(F)c3)[nH]c(=O)c2c1-c1cccc(OC)c1. The number of nitrogens with one attached hydrogen (secondary N) is 1. The van der Waals surface area contributed by atoms with Crippen LogP contribution in [0.3, 0.4) is 0 Å². The molecule has 0 radical (unpaired) electrons. The van der Waals surface area contributed by atoms with E-state index in [1.54, 1.807) is 13.2 Å². The van der Waals surface area contributed by atoms with Crippen LogP contribution in [0.5, 0.6) is 5.75 Å². The number of thiophene rings is 1. The molecular formula is C22H19FN2O2S2. The van der Waals surface area contributed by atoms with Crippen LogP contribution >= 0.6 is 23.1 Å². The first-order chi connectivity index (χ1) is 14.1. The van der Waals surface area contributed by atoms with Gasteiger partial charge in [0.15, 0.2) is 5.16 Å². The van der Waals surface area contributed by atoms with Gasteiger partial charge < -0.3 is 9.72 Å². The Balaban J connectivity index is 1.74. The Bertz CT molecular complexity index is 1230. The van der Waals surface area contributed by atoms with Crippen molar-refractivity contribution in [3.63, 3.8) is 0 Å². The Morgan fingerprint density at radius 2 is 2.03 bits per heavy atom. The second-order valence-corrected chi connectivity index (χ2v) is 8.50. The zero-order valence-corrected chi connectivity index (χ0v) is 17.6. The van der Waals surface area contributed by atoms with Crippen LogP contribution in [0.4, 0.5) is 4.39 Å². The summed E-state index contributed by atoms with van der Waals surface area (Å²) in [5, 5.41) is 1.14. The van der Waals surface area contributed by atoms with E-state index in [4.69, 9.17) is 4.74 Å². The second-order valence-electron chi connectivity index (χ2n) is 6.46. The van der Waals surface area contributed by atoms with E-state index in [9.17, 15) is 9.18 Å². The lowest BCUT2D eigenvalue weighted by Gasteiger charge is -2.06. The fourth-order valence-corrected chi connectivity index (χ4v) is 5.21. The molecule has 0 bridgehead atoms. The predicted molar refractivity (Wildman–Crippen MR) is 118 cm³/mol. The molecule has 0 saturated heterocycles. The molecule has 29 heavy (non-hydrogen) atoms. The number of hydrogen-bond donors (Lipinski definition) is 1. The maximum atomic E-state index is 13.4. The van der Waals surface area contributed by atoms with Gasteiger partial charge in [-0.3, -0.25) is 4.79 Å². The highest BCUT2D eigenvalue weighted by molar-refractivity contribution is 7.98. The molecule has 0 unspecified atom stereocenters. The Hall–Kier alpha value is -2.64. The third kappa shape index (κ3) is 4.06. The number of fused-ring (bicyclic) bond motifs is 1. The van der Waals surface area contributed by atoms with E-state index in [1.807, 2.05) is 30.3 Å². The minimum Gasteiger partial charge on any atom is -0.497 e. The fraction of sp³-hybridized carbons (Fsp3) is 0.182. The van der Waals surface area contributed by atoms with Gasteiger partial charge in [0.2, 0.25) is 0 Å². The number of ether oxygens (including phenoxy) is 1. The quantitative estimate of drug-likeness (QED) is 0.320. The molecule has 2 aromatic carbocycles. The number of rotatable bonds is 6. The van der Waals surface area contributed by atoms with Gasteiger partial charge in [0.05, 0.1) is 12.5 Å². The van der Waals surface area contributed by atoms with Crippen LogP contribution in [0.2, 0.25) is 0 Å². The van der Waals surface area contributed by atoms with Crippen molar-refractivity contribution in [2.24, 2.45) is 0 Å². The molecule has 0 atom stereocenters. The van der Waals surface area contributed by atoms with Crippen molar-refractivity contribution < 1.29 is 9.13 Å². The number of benzene rings is 2. The molecule has 0 fully saturated rings. The molecule has 0 aliphatic rings. The summed E-state index contributed by atoms with van der Waals surface area (Å²) in [5.41, 5.74) is 2.54. The van der Waals surface area contributed by atoms with Crippen LogP contribution in [-0.4, -0.2) is 17.1 Å². The molecule has 4 rings (SSSR count). The third-order valence-corrected chi connectivity index (χ3v) is 6.73.